The third-order valence-corrected chi connectivity index (χ3v) is 2.88. The van der Waals surface area contributed by atoms with E-state index in [0.29, 0.717) is 13.1 Å². The van der Waals surface area contributed by atoms with E-state index in [2.05, 4.69) is 38.0 Å². The molecule has 0 saturated heterocycles. The van der Waals surface area contributed by atoms with Crippen LogP contribution < -0.4 is 10.6 Å². The van der Waals surface area contributed by atoms with Gasteiger partial charge in [0.15, 0.2) is 5.96 Å². The Labute approximate surface area is 141 Å². The number of rotatable bonds is 5. The first-order valence-corrected chi connectivity index (χ1v) is 6.65. The van der Waals surface area contributed by atoms with Crippen molar-refractivity contribution in [3.05, 3.63) is 36.2 Å². The first-order valence-electron chi connectivity index (χ1n) is 6.65. The summed E-state index contributed by atoms with van der Waals surface area (Å²) >= 11 is 0. The lowest BCUT2D eigenvalue weighted by molar-refractivity contribution is 0.673. The topological polar surface area (TPSA) is 72.1 Å². The van der Waals surface area contributed by atoms with Crippen LogP contribution in [-0.4, -0.2) is 31.8 Å². The summed E-state index contributed by atoms with van der Waals surface area (Å²) in [4.78, 5) is 8.72. The van der Waals surface area contributed by atoms with Gasteiger partial charge in [-0.3, -0.25) is 4.68 Å². The molecule has 8 heteroatoms. The number of guanidine groups is 1. The summed E-state index contributed by atoms with van der Waals surface area (Å²) in [7, 11) is 3.88. The zero-order valence-electron chi connectivity index (χ0n) is 12.6. The average Bonchev–Trinajstić information content (AvgIpc) is 3.02. The minimum atomic E-state index is 0. The summed E-state index contributed by atoms with van der Waals surface area (Å²) in [5.74, 6) is 1.65. The van der Waals surface area contributed by atoms with Crippen LogP contribution in [0.2, 0.25) is 0 Å². The molecule has 2 aromatic heterocycles. The van der Waals surface area contributed by atoms with Crippen molar-refractivity contribution in [3.63, 3.8) is 0 Å². The first kappa shape index (κ1) is 17.5. The Kier molecular flexibility index (Phi) is 7.20. The van der Waals surface area contributed by atoms with E-state index >= 15 is 0 Å². The lowest BCUT2D eigenvalue weighted by atomic mass is 10.3. The minimum Gasteiger partial charge on any atom is -0.357 e. The van der Waals surface area contributed by atoms with Gasteiger partial charge in [0.25, 0.3) is 0 Å². The summed E-state index contributed by atoms with van der Waals surface area (Å²) in [6.07, 6.45) is 5.63. The monoisotopic (exact) mass is 403 g/mol. The molecule has 0 amide bonds. The molecule has 2 aromatic rings. The molecule has 0 fully saturated rings. The number of halogens is 1. The normalized spacial score (nSPS) is 11.1. The molecule has 0 aliphatic carbocycles. The van der Waals surface area contributed by atoms with Gasteiger partial charge >= 0.3 is 0 Å². The maximum absolute atomic E-state index is 4.55. The molecular formula is C13H22IN7. The maximum Gasteiger partial charge on any atom is 0.191 e. The lowest BCUT2D eigenvalue weighted by Crippen LogP contribution is -2.37. The minimum absolute atomic E-state index is 0. The van der Waals surface area contributed by atoms with Gasteiger partial charge in [-0.05, 0) is 18.6 Å². The van der Waals surface area contributed by atoms with Crippen molar-refractivity contribution >= 4 is 29.9 Å². The maximum atomic E-state index is 4.55. The second-order valence-corrected chi connectivity index (χ2v) is 4.53. The molecule has 0 spiro atoms. The molecule has 0 atom stereocenters. The number of hydrogen-bond acceptors (Lipinski definition) is 3. The third kappa shape index (κ3) is 5.37. The summed E-state index contributed by atoms with van der Waals surface area (Å²) in [6.45, 7) is 4.10. The van der Waals surface area contributed by atoms with Gasteiger partial charge in [-0.1, -0.05) is 0 Å². The van der Waals surface area contributed by atoms with E-state index in [9.17, 15) is 0 Å². The molecule has 0 aliphatic rings. The van der Waals surface area contributed by atoms with Crippen LogP contribution >= 0.6 is 24.0 Å². The van der Waals surface area contributed by atoms with E-state index in [-0.39, 0.29) is 24.0 Å². The Morgan fingerprint density at radius 1 is 1.33 bits per heavy atom. The molecule has 0 bridgehead atoms. The Morgan fingerprint density at radius 3 is 2.71 bits per heavy atom. The predicted molar refractivity (Wildman–Crippen MR) is 93.5 cm³/mol. The smallest absolute Gasteiger partial charge is 0.191 e. The number of aliphatic imine (C=N–C) groups is 1. The van der Waals surface area contributed by atoms with Gasteiger partial charge in [-0.25, -0.2) is 9.98 Å². The molecule has 2 N–H and O–H groups in total. The van der Waals surface area contributed by atoms with Crippen LogP contribution in [-0.2, 0) is 27.2 Å². The molecule has 0 saturated carbocycles. The van der Waals surface area contributed by atoms with E-state index in [1.54, 1.807) is 11.0 Å². The summed E-state index contributed by atoms with van der Waals surface area (Å²) in [6, 6.07) is 2.07. The van der Waals surface area contributed by atoms with Crippen LogP contribution in [0.3, 0.4) is 0 Å². The number of nitrogens with zero attached hydrogens (tertiary/aromatic N) is 5. The highest BCUT2D eigenvalue weighted by Crippen LogP contribution is 2.01. The molecule has 0 aromatic carbocycles. The fraction of sp³-hybridized carbons (Fsp3) is 0.462. The predicted octanol–water partition coefficient (Wildman–Crippen LogP) is 1.03. The second-order valence-electron chi connectivity index (χ2n) is 4.53. The molecular weight excluding hydrogens is 381 g/mol. The van der Waals surface area contributed by atoms with Crippen molar-refractivity contribution in [1.82, 2.24) is 30.0 Å². The van der Waals surface area contributed by atoms with Crippen molar-refractivity contribution in [1.29, 1.82) is 0 Å². The standard InChI is InChI=1S/C13H21N7.HI/c1-4-14-13(15-7-11-5-6-19(2)9-11)16-8-12-17-10-18-20(12)3;/h5-6,9-10H,4,7-8H2,1-3H3,(H2,14,15,16);1H. The summed E-state index contributed by atoms with van der Waals surface area (Å²) in [5, 5.41) is 10.5. The fourth-order valence-electron chi connectivity index (χ4n) is 1.81. The van der Waals surface area contributed by atoms with E-state index < -0.39 is 0 Å². The number of nitrogens with one attached hydrogen (secondary N) is 2. The number of aromatic nitrogens is 4. The first-order chi connectivity index (χ1) is 9.69. The van der Waals surface area contributed by atoms with Gasteiger partial charge in [0, 0.05) is 33.0 Å². The summed E-state index contributed by atoms with van der Waals surface area (Å²) in [5.41, 5.74) is 1.18. The summed E-state index contributed by atoms with van der Waals surface area (Å²) < 4.78 is 3.76. The quantitative estimate of drug-likeness (QED) is 0.445. The highest BCUT2D eigenvalue weighted by molar-refractivity contribution is 14.0. The molecule has 2 rings (SSSR count). The zero-order valence-corrected chi connectivity index (χ0v) is 14.9. The Balaban J connectivity index is 0.00000220. The van der Waals surface area contributed by atoms with Crippen LogP contribution in [0.5, 0.6) is 0 Å². The van der Waals surface area contributed by atoms with Crippen molar-refractivity contribution < 1.29 is 0 Å². The highest BCUT2D eigenvalue weighted by Gasteiger charge is 2.02. The molecule has 0 aliphatic heterocycles. The molecule has 0 radical (unpaired) electrons. The van der Waals surface area contributed by atoms with Crippen LogP contribution in [0.25, 0.3) is 0 Å². The number of hydrogen-bond donors (Lipinski definition) is 2. The van der Waals surface area contributed by atoms with Crippen LogP contribution in [0, 0.1) is 0 Å². The van der Waals surface area contributed by atoms with E-state index in [1.165, 1.54) is 5.56 Å². The van der Waals surface area contributed by atoms with Gasteiger partial charge in [0.2, 0.25) is 0 Å². The van der Waals surface area contributed by atoms with Gasteiger partial charge in [0.05, 0.1) is 13.1 Å². The van der Waals surface area contributed by atoms with E-state index in [1.807, 2.05) is 31.8 Å². The number of aryl methyl sites for hydroxylation is 2. The molecule has 21 heavy (non-hydrogen) atoms. The van der Waals surface area contributed by atoms with Crippen LogP contribution in [0.4, 0.5) is 0 Å². The van der Waals surface area contributed by atoms with Crippen LogP contribution in [0.15, 0.2) is 29.8 Å². The Morgan fingerprint density at radius 2 is 2.14 bits per heavy atom. The van der Waals surface area contributed by atoms with Crippen molar-refractivity contribution in [2.45, 2.75) is 20.0 Å². The molecule has 0 unspecified atom stereocenters. The second kappa shape index (κ2) is 8.65. The third-order valence-electron chi connectivity index (χ3n) is 2.88. The zero-order chi connectivity index (χ0) is 14.4. The Hall–Kier alpha value is -1.58. The Bertz CT molecular complexity index is 573. The highest BCUT2D eigenvalue weighted by atomic mass is 127. The molecule has 7 nitrogen and oxygen atoms in total. The van der Waals surface area contributed by atoms with Gasteiger partial charge in [0.1, 0.15) is 12.2 Å². The fourth-order valence-corrected chi connectivity index (χ4v) is 1.81. The van der Waals surface area contributed by atoms with Crippen molar-refractivity contribution in [3.8, 4) is 0 Å². The van der Waals surface area contributed by atoms with Crippen molar-refractivity contribution in [2.75, 3.05) is 6.54 Å². The SMILES string of the molecule is CCNC(=NCc1ccn(C)c1)NCc1ncnn1C.I. The average molecular weight is 403 g/mol. The van der Waals surface area contributed by atoms with Gasteiger partial charge in [-0.15, -0.1) is 24.0 Å². The molecule has 116 valence electrons. The van der Waals surface area contributed by atoms with Crippen molar-refractivity contribution in [2.24, 2.45) is 19.1 Å². The van der Waals surface area contributed by atoms with E-state index in [4.69, 9.17) is 0 Å². The van der Waals surface area contributed by atoms with Gasteiger partial charge in [-0.2, -0.15) is 5.10 Å². The lowest BCUT2D eigenvalue weighted by Gasteiger charge is -2.10. The largest absolute Gasteiger partial charge is 0.357 e. The van der Waals surface area contributed by atoms with E-state index in [0.717, 1.165) is 18.3 Å². The van der Waals surface area contributed by atoms with Gasteiger partial charge < -0.3 is 15.2 Å². The molecule has 2 heterocycles. The van der Waals surface area contributed by atoms with Crippen LogP contribution in [0.1, 0.15) is 18.3 Å².